The third-order valence-electron chi connectivity index (χ3n) is 3.15. The lowest BCUT2D eigenvalue weighted by atomic mass is 10.1. The molecule has 17 heavy (non-hydrogen) atoms. The molecule has 1 aliphatic rings. The van der Waals surface area contributed by atoms with Crippen molar-refractivity contribution in [2.24, 2.45) is 0 Å². The molecule has 0 aromatic carbocycles. The highest BCUT2D eigenvalue weighted by Crippen LogP contribution is 2.32. The van der Waals surface area contributed by atoms with E-state index in [1.807, 2.05) is 12.3 Å². The van der Waals surface area contributed by atoms with E-state index in [4.69, 9.17) is 0 Å². The lowest BCUT2D eigenvalue weighted by Gasteiger charge is -2.24. The van der Waals surface area contributed by atoms with Crippen LogP contribution in [0.2, 0.25) is 0 Å². The monoisotopic (exact) mass is 314 g/mol. The Hall–Kier alpha value is -0.220. The van der Waals surface area contributed by atoms with E-state index in [1.165, 1.54) is 17.7 Å². The number of rotatable bonds is 2. The van der Waals surface area contributed by atoms with Gasteiger partial charge in [-0.2, -0.15) is 11.8 Å². The first kappa shape index (κ1) is 13.2. The molecule has 1 aromatic rings. The summed E-state index contributed by atoms with van der Waals surface area (Å²) >= 11 is 5.62. The summed E-state index contributed by atoms with van der Waals surface area (Å²) in [5.41, 5.74) is 1.29. The molecule has 0 atom stereocenters. The molecule has 1 fully saturated rings. The maximum atomic E-state index is 4.55. The number of nitrogens with zero attached hydrogens (tertiary/aromatic N) is 2. The summed E-state index contributed by atoms with van der Waals surface area (Å²) in [5, 5.41) is 0.878. The van der Waals surface area contributed by atoms with Crippen molar-refractivity contribution in [3.63, 3.8) is 0 Å². The van der Waals surface area contributed by atoms with Crippen LogP contribution in [0.4, 0.5) is 5.82 Å². The summed E-state index contributed by atoms with van der Waals surface area (Å²) in [6.45, 7) is 6.89. The first-order chi connectivity index (χ1) is 8.12. The second kappa shape index (κ2) is 5.61. The van der Waals surface area contributed by atoms with Crippen molar-refractivity contribution < 1.29 is 0 Å². The largest absolute Gasteiger partial charge is 0.355 e. The van der Waals surface area contributed by atoms with Crippen LogP contribution < -0.4 is 4.90 Å². The number of aromatic nitrogens is 1. The average Bonchev–Trinajstić information content (AvgIpc) is 2.50. The van der Waals surface area contributed by atoms with Crippen LogP contribution in [-0.4, -0.2) is 28.6 Å². The van der Waals surface area contributed by atoms with Crippen molar-refractivity contribution in [2.45, 2.75) is 30.3 Å². The van der Waals surface area contributed by atoms with Gasteiger partial charge >= 0.3 is 0 Å². The first-order valence-corrected chi connectivity index (χ1v) is 8.12. The zero-order valence-electron chi connectivity index (χ0n) is 10.4. The molecule has 4 heteroatoms. The first-order valence-electron chi connectivity index (χ1n) is 6.01. The predicted molar refractivity (Wildman–Crippen MR) is 80.2 cm³/mol. The maximum absolute atomic E-state index is 4.55. The molecule has 1 aromatic heterocycles. The number of hydrogen-bond donors (Lipinski definition) is 0. The molecule has 2 heterocycles. The Bertz CT molecular complexity index is 381. The quantitative estimate of drug-likeness (QED) is 0.774. The Morgan fingerprint density at radius 3 is 3.06 bits per heavy atom. The fraction of sp³-hybridized carbons (Fsp3) is 0.615. The van der Waals surface area contributed by atoms with E-state index in [2.05, 4.69) is 57.5 Å². The zero-order chi connectivity index (χ0) is 12.3. The van der Waals surface area contributed by atoms with Gasteiger partial charge in [0.1, 0.15) is 5.82 Å². The summed E-state index contributed by atoms with van der Waals surface area (Å²) in [6.07, 6.45) is 3.11. The van der Waals surface area contributed by atoms with Crippen molar-refractivity contribution in [1.82, 2.24) is 4.98 Å². The smallest absolute Gasteiger partial charge is 0.132 e. The van der Waals surface area contributed by atoms with Gasteiger partial charge in [-0.1, -0.05) is 35.8 Å². The molecule has 0 N–H and O–H groups in total. The number of pyridine rings is 1. The van der Waals surface area contributed by atoms with Crippen molar-refractivity contribution in [2.75, 3.05) is 23.7 Å². The average molecular weight is 315 g/mol. The minimum atomic E-state index is 0.401. The van der Waals surface area contributed by atoms with Crippen LogP contribution in [0.3, 0.4) is 0 Å². The summed E-state index contributed by atoms with van der Waals surface area (Å²) in [4.78, 5) is 6.98. The van der Waals surface area contributed by atoms with Crippen molar-refractivity contribution in [1.29, 1.82) is 0 Å². The highest BCUT2D eigenvalue weighted by molar-refractivity contribution is 9.08. The fourth-order valence-electron chi connectivity index (χ4n) is 2.05. The molecule has 0 radical (unpaired) electrons. The normalized spacial score (nSPS) is 20.1. The van der Waals surface area contributed by atoms with E-state index in [0.717, 1.165) is 24.2 Å². The van der Waals surface area contributed by atoms with Crippen LogP contribution >= 0.6 is 27.7 Å². The fourth-order valence-corrected chi connectivity index (χ4v) is 3.59. The summed E-state index contributed by atoms with van der Waals surface area (Å²) in [6, 6.07) is 4.16. The molecule has 2 nitrogen and oxygen atoms in total. The van der Waals surface area contributed by atoms with E-state index in [-0.39, 0.29) is 0 Å². The van der Waals surface area contributed by atoms with Gasteiger partial charge < -0.3 is 4.90 Å². The molecule has 0 spiro atoms. The van der Waals surface area contributed by atoms with Gasteiger partial charge in [-0.05, 0) is 12.5 Å². The van der Waals surface area contributed by atoms with Gasteiger partial charge in [0.15, 0.2) is 0 Å². The molecule has 94 valence electrons. The van der Waals surface area contributed by atoms with Crippen molar-refractivity contribution in [3.05, 3.63) is 23.9 Å². The molecule has 1 saturated heterocycles. The lowest BCUT2D eigenvalue weighted by molar-refractivity contribution is 0.634. The molecule has 0 aliphatic carbocycles. The number of halogens is 1. The summed E-state index contributed by atoms with van der Waals surface area (Å²) in [5.74, 6) is 2.34. The van der Waals surface area contributed by atoms with Gasteiger partial charge in [-0.25, -0.2) is 4.98 Å². The Kier molecular flexibility index (Phi) is 4.36. The Balaban J connectivity index is 2.17. The van der Waals surface area contributed by atoms with E-state index < -0.39 is 0 Å². The van der Waals surface area contributed by atoms with E-state index >= 15 is 0 Å². The van der Waals surface area contributed by atoms with Crippen molar-refractivity contribution in [3.8, 4) is 0 Å². The standard InChI is InChI=1S/C13H19BrN2S/c1-13(2)5-7-16(8-9-17-13)12-11(10-14)4-3-6-15-12/h3-4,6H,5,7-10H2,1-2H3. The summed E-state index contributed by atoms with van der Waals surface area (Å²) < 4.78 is 0.401. The van der Waals surface area contributed by atoms with Gasteiger partial charge in [0.2, 0.25) is 0 Å². The molecule has 1 aliphatic heterocycles. The van der Waals surface area contributed by atoms with E-state index in [0.29, 0.717) is 4.75 Å². The van der Waals surface area contributed by atoms with Gasteiger partial charge in [-0.15, -0.1) is 0 Å². The highest BCUT2D eigenvalue weighted by Gasteiger charge is 2.24. The molecular weight excluding hydrogens is 296 g/mol. The Morgan fingerprint density at radius 1 is 1.47 bits per heavy atom. The molecule has 0 saturated carbocycles. The number of alkyl halides is 1. The third kappa shape index (κ3) is 3.38. The molecule has 0 bridgehead atoms. The summed E-state index contributed by atoms with van der Waals surface area (Å²) in [7, 11) is 0. The lowest BCUT2D eigenvalue weighted by Crippen LogP contribution is -2.28. The second-order valence-corrected chi connectivity index (χ2v) is 7.33. The van der Waals surface area contributed by atoms with Crippen molar-refractivity contribution >= 4 is 33.5 Å². The number of hydrogen-bond acceptors (Lipinski definition) is 3. The molecule has 2 rings (SSSR count). The highest BCUT2D eigenvalue weighted by atomic mass is 79.9. The van der Waals surface area contributed by atoms with Gasteiger partial charge in [0, 0.05) is 40.7 Å². The predicted octanol–water partition coefficient (Wildman–Crippen LogP) is 3.70. The number of anilines is 1. The van der Waals surface area contributed by atoms with Crippen LogP contribution in [0, 0.1) is 0 Å². The van der Waals surface area contributed by atoms with Crippen LogP contribution in [0.15, 0.2) is 18.3 Å². The zero-order valence-corrected chi connectivity index (χ0v) is 12.9. The van der Waals surface area contributed by atoms with E-state index in [9.17, 15) is 0 Å². The minimum absolute atomic E-state index is 0.401. The Labute approximate surface area is 116 Å². The van der Waals surface area contributed by atoms with Crippen LogP contribution in [-0.2, 0) is 5.33 Å². The van der Waals surface area contributed by atoms with Gasteiger partial charge in [0.25, 0.3) is 0 Å². The van der Waals surface area contributed by atoms with Gasteiger partial charge in [-0.3, -0.25) is 0 Å². The molecular formula is C13H19BrN2S. The SMILES string of the molecule is CC1(C)CCN(c2ncccc2CBr)CCS1. The topological polar surface area (TPSA) is 16.1 Å². The van der Waals surface area contributed by atoms with Crippen LogP contribution in [0.25, 0.3) is 0 Å². The molecule has 0 amide bonds. The second-order valence-electron chi connectivity index (χ2n) is 4.96. The van der Waals surface area contributed by atoms with Crippen LogP contribution in [0.5, 0.6) is 0 Å². The minimum Gasteiger partial charge on any atom is -0.355 e. The van der Waals surface area contributed by atoms with Crippen LogP contribution in [0.1, 0.15) is 25.8 Å². The van der Waals surface area contributed by atoms with Gasteiger partial charge in [0.05, 0.1) is 0 Å². The maximum Gasteiger partial charge on any atom is 0.132 e. The van der Waals surface area contributed by atoms with E-state index in [1.54, 1.807) is 0 Å². The third-order valence-corrected chi connectivity index (χ3v) is 5.13. The number of thioether (sulfide) groups is 1. The molecule has 0 unspecified atom stereocenters. The Morgan fingerprint density at radius 2 is 2.29 bits per heavy atom.